The van der Waals surface area contributed by atoms with Gasteiger partial charge < -0.3 is 14.8 Å². The number of benzene rings is 2. The van der Waals surface area contributed by atoms with Gasteiger partial charge in [0.1, 0.15) is 11.8 Å². The van der Waals surface area contributed by atoms with Crippen LogP contribution in [0.3, 0.4) is 0 Å². The Balaban J connectivity index is 1.32. The molecule has 0 saturated heterocycles. The highest BCUT2D eigenvalue weighted by Gasteiger charge is 2.28. The van der Waals surface area contributed by atoms with Crippen LogP contribution in [0.1, 0.15) is 33.0 Å². The summed E-state index contributed by atoms with van der Waals surface area (Å²) in [6, 6.07) is 17.9. The summed E-state index contributed by atoms with van der Waals surface area (Å²) in [4.78, 5) is 27.9. The van der Waals surface area contributed by atoms with Crippen LogP contribution in [0.15, 0.2) is 66.9 Å². The van der Waals surface area contributed by atoms with Crippen molar-refractivity contribution in [3.05, 3.63) is 94.3 Å². The summed E-state index contributed by atoms with van der Waals surface area (Å²) in [5.74, 6) is -0.546. The number of hydrogen-bond donors (Lipinski definition) is 1. The van der Waals surface area contributed by atoms with Crippen molar-refractivity contribution in [1.82, 2.24) is 10.3 Å². The van der Waals surface area contributed by atoms with E-state index in [0.717, 1.165) is 11.1 Å². The zero-order valence-corrected chi connectivity index (χ0v) is 18.1. The molecule has 1 heterocycles. The fraction of sp³-hybridized carbons (Fsp3) is 0.160. The predicted octanol–water partition coefficient (Wildman–Crippen LogP) is 5.07. The van der Waals surface area contributed by atoms with Gasteiger partial charge in [0.15, 0.2) is 0 Å². The largest absolute Gasteiger partial charge is 0.465 e. The number of pyridine rings is 1. The van der Waals surface area contributed by atoms with E-state index in [1.807, 2.05) is 24.3 Å². The molecule has 1 aliphatic carbocycles. The Labute approximate surface area is 190 Å². The van der Waals surface area contributed by atoms with Crippen LogP contribution in [0.4, 0.5) is 4.79 Å². The predicted molar refractivity (Wildman–Crippen MR) is 123 cm³/mol. The highest BCUT2D eigenvalue weighted by atomic mass is 35.5. The number of nitrogens with zero attached hydrogens (tertiary/aromatic N) is 1. The van der Waals surface area contributed by atoms with Gasteiger partial charge in [-0.3, -0.25) is 0 Å². The molecule has 0 fully saturated rings. The quantitative estimate of drug-likeness (QED) is 0.420. The molecule has 32 heavy (non-hydrogen) atoms. The topological polar surface area (TPSA) is 77.5 Å². The Morgan fingerprint density at radius 3 is 2.41 bits per heavy atom. The first-order valence-electron chi connectivity index (χ1n) is 10.1. The van der Waals surface area contributed by atoms with E-state index in [9.17, 15) is 9.59 Å². The number of halogens is 1. The fourth-order valence-corrected chi connectivity index (χ4v) is 3.98. The average Bonchev–Trinajstić information content (AvgIpc) is 3.14. The third-order valence-corrected chi connectivity index (χ3v) is 5.58. The molecule has 1 aliphatic rings. The molecule has 0 aliphatic heterocycles. The van der Waals surface area contributed by atoms with E-state index in [4.69, 9.17) is 16.3 Å². The maximum atomic E-state index is 12.2. The molecule has 0 bridgehead atoms. The van der Waals surface area contributed by atoms with Crippen molar-refractivity contribution in [2.75, 3.05) is 20.3 Å². The van der Waals surface area contributed by atoms with Crippen LogP contribution >= 0.6 is 11.6 Å². The molecule has 7 heteroatoms. The molecule has 0 atom stereocenters. The third kappa shape index (κ3) is 4.50. The van der Waals surface area contributed by atoms with Crippen molar-refractivity contribution in [3.63, 3.8) is 0 Å². The van der Waals surface area contributed by atoms with Crippen LogP contribution in [-0.2, 0) is 9.47 Å². The van der Waals surface area contributed by atoms with E-state index in [1.165, 1.54) is 24.4 Å². The number of rotatable bonds is 6. The molecule has 0 radical (unpaired) electrons. The van der Waals surface area contributed by atoms with E-state index in [-0.39, 0.29) is 29.8 Å². The Bertz CT molecular complexity index is 1150. The van der Waals surface area contributed by atoms with Crippen LogP contribution < -0.4 is 5.32 Å². The van der Waals surface area contributed by atoms with Gasteiger partial charge in [-0.25, -0.2) is 14.6 Å². The van der Waals surface area contributed by atoms with E-state index in [0.29, 0.717) is 5.56 Å². The van der Waals surface area contributed by atoms with Crippen molar-refractivity contribution >= 4 is 29.7 Å². The van der Waals surface area contributed by atoms with E-state index in [1.54, 1.807) is 18.2 Å². The van der Waals surface area contributed by atoms with Gasteiger partial charge in [-0.1, -0.05) is 72.3 Å². The lowest BCUT2D eigenvalue weighted by atomic mass is 9.98. The summed E-state index contributed by atoms with van der Waals surface area (Å²) in [6.45, 7) is 0.514. The van der Waals surface area contributed by atoms with Crippen molar-refractivity contribution in [2.24, 2.45) is 0 Å². The first kappa shape index (κ1) is 21.6. The Morgan fingerprint density at radius 1 is 1.09 bits per heavy atom. The highest BCUT2D eigenvalue weighted by molar-refractivity contribution is 6.32. The van der Waals surface area contributed by atoms with Crippen molar-refractivity contribution in [3.8, 4) is 11.1 Å². The lowest BCUT2D eigenvalue weighted by molar-refractivity contribution is 0.0600. The molecular weight excluding hydrogens is 428 g/mol. The minimum Gasteiger partial charge on any atom is -0.465 e. The van der Waals surface area contributed by atoms with Gasteiger partial charge in [-0.2, -0.15) is 0 Å². The van der Waals surface area contributed by atoms with Gasteiger partial charge in [0.05, 0.1) is 12.7 Å². The van der Waals surface area contributed by atoms with E-state index < -0.39 is 12.1 Å². The number of nitrogens with one attached hydrogen (secondary N) is 1. The molecule has 0 saturated carbocycles. The van der Waals surface area contributed by atoms with Crippen LogP contribution in [0, 0.1) is 0 Å². The molecule has 3 aromatic rings. The standard InChI is InChI=1S/C25H21ClN2O4/c1-31-24(29)21-13-16(14-28-23(21)26)7-6-12-27-25(30)32-15-22-19-10-4-2-8-17(19)18-9-3-5-11-20(18)22/h2-11,13-14,22H,12,15H2,1H3,(H,27,30). The molecule has 0 unspecified atom stereocenters. The van der Waals surface area contributed by atoms with Crippen molar-refractivity contribution < 1.29 is 19.1 Å². The Hall–Kier alpha value is -3.64. The van der Waals surface area contributed by atoms with Crippen LogP contribution in [0.2, 0.25) is 5.15 Å². The number of amides is 1. The molecule has 162 valence electrons. The number of ether oxygens (including phenoxy) is 2. The molecule has 4 rings (SSSR count). The number of alkyl carbamates (subject to hydrolysis) is 1. The monoisotopic (exact) mass is 448 g/mol. The molecule has 6 nitrogen and oxygen atoms in total. The molecular formula is C25H21ClN2O4. The minimum atomic E-state index is -0.561. The summed E-state index contributed by atoms with van der Waals surface area (Å²) in [5.41, 5.74) is 5.53. The van der Waals surface area contributed by atoms with E-state index in [2.05, 4.69) is 39.3 Å². The highest BCUT2D eigenvalue weighted by Crippen LogP contribution is 2.44. The zero-order valence-electron chi connectivity index (χ0n) is 17.4. The number of hydrogen-bond acceptors (Lipinski definition) is 5. The smallest absolute Gasteiger partial charge is 0.407 e. The zero-order chi connectivity index (χ0) is 22.5. The first-order valence-corrected chi connectivity index (χ1v) is 10.5. The third-order valence-electron chi connectivity index (χ3n) is 5.28. The summed E-state index contributed by atoms with van der Waals surface area (Å²) in [6.07, 6.45) is 4.48. The number of fused-ring (bicyclic) bond motifs is 3. The van der Waals surface area contributed by atoms with Crippen molar-refractivity contribution in [2.45, 2.75) is 5.92 Å². The second-order valence-corrected chi connectivity index (χ2v) is 7.57. The summed E-state index contributed by atoms with van der Waals surface area (Å²) < 4.78 is 10.2. The molecule has 0 spiro atoms. The van der Waals surface area contributed by atoms with E-state index >= 15 is 0 Å². The Kier molecular flexibility index (Phi) is 6.52. The molecule has 1 N–H and O–H groups in total. The first-order chi connectivity index (χ1) is 15.6. The normalized spacial score (nSPS) is 12.3. The van der Waals surface area contributed by atoms with Crippen molar-refractivity contribution in [1.29, 1.82) is 0 Å². The fourth-order valence-electron chi connectivity index (χ4n) is 3.80. The number of carbonyl (C=O) groups excluding carboxylic acids is 2. The average molecular weight is 449 g/mol. The van der Waals surface area contributed by atoms with Crippen LogP contribution in [0.25, 0.3) is 17.2 Å². The number of esters is 1. The van der Waals surface area contributed by atoms with Gasteiger partial charge in [-0.15, -0.1) is 0 Å². The van der Waals surface area contributed by atoms with Gasteiger partial charge >= 0.3 is 12.1 Å². The van der Waals surface area contributed by atoms with Gasteiger partial charge in [-0.05, 0) is 33.9 Å². The second-order valence-electron chi connectivity index (χ2n) is 7.21. The van der Waals surface area contributed by atoms with Crippen LogP contribution in [-0.4, -0.2) is 37.3 Å². The Morgan fingerprint density at radius 2 is 1.75 bits per heavy atom. The molecule has 1 aromatic heterocycles. The van der Waals surface area contributed by atoms with Crippen LogP contribution in [0.5, 0.6) is 0 Å². The van der Waals surface area contributed by atoms with Gasteiger partial charge in [0.2, 0.25) is 0 Å². The number of methoxy groups -OCH3 is 1. The summed E-state index contributed by atoms with van der Waals surface area (Å²) in [5, 5.41) is 2.77. The second kappa shape index (κ2) is 9.66. The lowest BCUT2D eigenvalue weighted by Gasteiger charge is -2.14. The maximum Gasteiger partial charge on any atom is 0.407 e. The molecule has 2 aromatic carbocycles. The van der Waals surface area contributed by atoms with Gasteiger partial charge in [0, 0.05) is 18.7 Å². The SMILES string of the molecule is COC(=O)c1cc(C=CCNC(=O)OCC2c3ccccc3-c3ccccc32)cnc1Cl. The summed E-state index contributed by atoms with van der Waals surface area (Å²) >= 11 is 5.91. The number of carbonyl (C=O) groups is 2. The lowest BCUT2D eigenvalue weighted by Crippen LogP contribution is -2.26. The van der Waals surface area contributed by atoms with Gasteiger partial charge in [0.25, 0.3) is 0 Å². The minimum absolute atomic E-state index is 0.0144. The maximum absolute atomic E-state index is 12.2. The molecule has 1 amide bonds. The number of aromatic nitrogens is 1. The summed E-state index contributed by atoms with van der Waals surface area (Å²) in [7, 11) is 1.28.